The third-order valence-electron chi connectivity index (χ3n) is 4.57. The molecule has 9 heteroatoms. The minimum absolute atomic E-state index is 0.338. The Balaban J connectivity index is 1.74. The van der Waals surface area contributed by atoms with Crippen LogP contribution in [0.15, 0.2) is 36.4 Å². The van der Waals surface area contributed by atoms with Crippen molar-refractivity contribution in [2.75, 3.05) is 30.3 Å². The molecule has 1 aliphatic heterocycles. The number of anilines is 1. The predicted molar refractivity (Wildman–Crippen MR) is 112 cm³/mol. The molecule has 0 aromatic heterocycles. The number of fused-ring (bicyclic) bond motifs is 1. The number of hydrogen-bond acceptors (Lipinski definition) is 5. The van der Waals surface area contributed by atoms with Gasteiger partial charge in [-0.15, -0.1) is 0 Å². The predicted octanol–water partition coefficient (Wildman–Crippen LogP) is 3.06. The van der Waals surface area contributed by atoms with Crippen LogP contribution in [-0.4, -0.2) is 40.3 Å². The van der Waals surface area contributed by atoms with Gasteiger partial charge in [-0.2, -0.15) is 0 Å². The number of rotatable bonds is 6. The Morgan fingerprint density at radius 1 is 1.17 bits per heavy atom. The Labute approximate surface area is 175 Å². The fourth-order valence-electron chi connectivity index (χ4n) is 2.97. The van der Waals surface area contributed by atoms with Gasteiger partial charge in [-0.1, -0.05) is 23.7 Å². The van der Waals surface area contributed by atoms with Crippen LogP contribution >= 0.6 is 11.6 Å². The summed E-state index contributed by atoms with van der Waals surface area (Å²) < 4.78 is 36.6. The van der Waals surface area contributed by atoms with Crippen LogP contribution in [0.5, 0.6) is 11.5 Å². The summed E-state index contributed by atoms with van der Waals surface area (Å²) in [5.74, 6) is 0.856. The standard InChI is InChI=1S/C20H23ClN2O5S/c1-13-4-6-16(11-17(13)21)23(29(3,25)26)12-20(24)22-14(2)15-5-7-18-19(10-15)28-9-8-27-18/h4-7,10-11,14H,8-9,12H2,1-3H3,(H,22,24)/t14-/m0/s1. The minimum atomic E-state index is -3.68. The molecule has 0 fully saturated rings. The topological polar surface area (TPSA) is 84.9 Å². The molecule has 1 N–H and O–H groups in total. The third kappa shape index (κ3) is 5.13. The monoisotopic (exact) mass is 438 g/mol. The highest BCUT2D eigenvalue weighted by Gasteiger charge is 2.23. The van der Waals surface area contributed by atoms with Crippen molar-refractivity contribution < 1.29 is 22.7 Å². The summed E-state index contributed by atoms with van der Waals surface area (Å²) in [6.07, 6.45) is 1.05. The van der Waals surface area contributed by atoms with E-state index in [1.165, 1.54) is 6.07 Å². The van der Waals surface area contributed by atoms with Gasteiger partial charge >= 0.3 is 0 Å². The number of nitrogens with one attached hydrogen (secondary N) is 1. The summed E-state index contributed by atoms with van der Waals surface area (Å²) in [7, 11) is -3.68. The average molecular weight is 439 g/mol. The van der Waals surface area contributed by atoms with E-state index in [-0.39, 0.29) is 12.6 Å². The second-order valence-electron chi connectivity index (χ2n) is 6.90. The van der Waals surface area contributed by atoms with Crippen LogP contribution in [0.25, 0.3) is 0 Å². The van der Waals surface area contributed by atoms with Crippen LogP contribution in [0.4, 0.5) is 5.69 Å². The van der Waals surface area contributed by atoms with Gasteiger partial charge in [-0.05, 0) is 49.2 Å². The second-order valence-corrected chi connectivity index (χ2v) is 9.21. The Morgan fingerprint density at radius 3 is 2.52 bits per heavy atom. The molecule has 156 valence electrons. The zero-order valence-corrected chi connectivity index (χ0v) is 18.0. The van der Waals surface area contributed by atoms with E-state index >= 15 is 0 Å². The molecule has 2 aromatic rings. The number of hydrogen-bond donors (Lipinski definition) is 1. The average Bonchev–Trinajstić information content (AvgIpc) is 2.67. The summed E-state index contributed by atoms with van der Waals surface area (Å²) in [5, 5.41) is 3.26. The SMILES string of the molecule is Cc1ccc(N(CC(=O)N[C@@H](C)c2ccc3c(c2)OCCO3)S(C)(=O)=O)cc1Cl. The molecule has 0 unspecified atom stereocenters. The van der Waals surface area contributed by atoms with Crippen LogP contribution in [0.1, 0.15) is 24.1 Å². The lowest BCUT2D eigenvalue weighted by atomic mass is 10.1. The van der Waals surface area contributed by atoms with Crippen molar-refractivity contribution in [1.29, 1.82) is 0 Å². The van der Waals surface area contributed by atoms with Gasteiger partial charge in [0, 0.05) is 5.02 Å². The van der Waals surface area contributed by atoms with Crippen molar-refractivity contribution in [2.45, 2.75) is 19.9 Å². The molecule has 1 amide bonds. The molecule has 0 saturated heterocycles. The largest absolute Gasteiger partial charge is 0.486 e. The first-order chi connectivity index (χ1) is 13.6. The summed E-state index contributed by atoms with van der Waals surface area (Å²) in [6, 6.07) is 9.98. The van der Waals surface area contributed by atoms with E-state index in [2.05, 4.69) is 5.32 Å². The van der Waals surface area contributed by atoms with Crippen LogP contribution in [0.2, 0.25) is 5.02 Å². The summed E-state index contributed by atoms with van der Waals surface area (Å²) >= 11 is 6.12. The first kappa shape index (κ1) is 21.3. The molecule has 2 aromatic carbocycles. The van der Waals surface area contributed by atoms with Gasteiger partial charge in [0.05, 0.1) is 18.0 Å². The number of nitrogens with zero attached hydrogens (tertiary/aromatic N) is 1. The van der Waals surface area contributed by atoms with Gasteiger partial charge in [0.15, 0.2) is 11.5 Å². The lowest BCUT2D eigenvalue weighted by molar-refractivity contribution is -0.120. The van der Waals surface area contributed by atoms with Crippen molar-refractivity contribution >= 4 is 33.2 Å². The van der Waals surface area contributed by atoms with E-state index in [9.17, 15) is 13.2 Å². The van der Waals surface area contributed by atoms with Crippen molar-refractivity contribution in [1.82, 2.24) is 5.32 Å². The number of amides is 1. The fraction of sp³-hybridized carbons (Fsp3) is 0.350. The molecule has 0 saturated carbocycles. The van der Waals surface area contributed by atoms with Gasteiger partial charge in [-0.3, -0.25) is 9.10 Å². The number of halogens is 1. The van der Waals surface area contributed by atoms with Crippen LogP contribution in [0.3, 0.4) is 0 Å². The Hall–Kier alpha value is -2.45. The lowest BCUT2D eigenvalue weighted by Gasteiger charge is -2.24. The molecule has 0 radical (unpaired) electrons. The normalized spacial score (nSPS) is 14.2. The van der Waals surface area contributed by atoms with Crippen LogP contribution in [-0.2, 0) is 14.8 Å². The first-order valence-corrected chi connectivity index (χ1v) is 11.3. The minimum Gasteiger partial charge on any atom is -0.486 e. The summed E-state index contributed by atoms with van der Waals surface area (Å²) in [5.41, 5.74) is 1.98. The summed E-state index contributed by atoms with van der Waals surface area (Å²) in [4.78, 5) is 12.6. The molecule has 0 aliphatic carbocycles. The highest BCUT2D eigenvalue weighted by atomic mass is 35.5. The quantitative estimate of drug-likeness (QED) is 0.749. The van der Waals surface area contributed by atoms with Gasteiger partial charge in [-0.25, -0.2) is 8.42 Å². The Kier molecular flexibility index (Phi) is 6.24. The highest BCUT2D eigenvalue weighted by Crippen LogP contribution is 2.32. The Bertz CT molecular complexity index is 1030. The van der Waals surface area contributed by atoms with E-state index in [1.54, 1.807) is 18.2 Å². The van der Waals surface area contributed by atoms with Crippen molar-refractivity contribution in [2.24, 2.45) is 0 Å². The second kappa shape index (κ2) is 8.51. The van der Waals surface area contributed by atoms with Crippen molar-refractivity contribution in [3.8, 4) is 11.5 Å². The van der Waals surface area contributed by atoms with Gasteiger partial charge in [0.25, 0.3) is 0 Å². The number of sulfonamides is 1. The first-order valence-electron chi connectivity index (χ1n) is 9.08. The van der Waals surface area contributed by atoms with E-state index in [0.717, 1.165) is 21.7 Å². The van der Waals surface area contributed by atoms with Crippen molar-refractivity contribution in [3.05, 3.63) is 52.5 Å². The van der Waals surface area contributed by atoms with E-state index < -0.39 is 15.9 Å². The smallest absolute Gasteiger partial charge is 0.241 e. The molecule has 3 rings (SSSR count). The molecule has 1 aliphatic rings. The number of benzene rings is 2. The molecule has 29 heavy (non-hydrogen) atoms. The molecule has 1 atom stereocenters. The maximum Gasteiger partial charge on any atom is 0.241 e. The molecule has 0 bridgehead atoms. The van der Waals surface area contributed by atoms with E-state index in [1.807, 2.05) is 26.0 Å². The highest BCUT2D eigenvalue weighted by molar-refractivity contribution is 7.92. The van der Waals surface area contributed by atoms with Gasteiger partial charge in [0.2, 0.25) is 15.9 Å². The number of ether oxygens (including phenoxy) is 2. The number of aryl methyl sites for hydroxylation is 1. The van der Waals surface area contributed by atoms with Crippen LogP contribution < -0.4 is 19.1 Å². The third-order valence-corrected chi connectivity index (χ3v) is 6.12. The molecular formula is C20H23ClN2O5S. The number of carbonyl (C=O) groups is 1. The zero-order valence-electron chi connectivity index (χ0n) is 16.4. The van der Waals surface area contributed by atoms with Gasteiger partial charge in [0.1, 0.15) is 19.8 Å². The lowest BCUT2D eigenvalue weighted by Crippen LogP contribution is -2.41. The maximum atomic E-state index is 12.6. The van der Waals surface area contributed by atoms with Gasteiger partial charge < -0.3 is 14.8 Å². The van der Waals surface area contributed by atoms with E-state index in [4.69, 9.17) is 21.1 Å². The fourth-order valence-corrected chi connectivity index (χ4v) is 3.99. The van der Waals surface area contributed by atoms with Crippen LogP contribution in [0, 0.1) is 6.92 Å². The Morgan fingerprint density at radius 2 is 1.86 bits per heavy atom. The maximum absolute atomic E-state index is 12.6. The molecular weight excluding hydrogens is 416 g/mol. The molecule has 0 spiro atoms. The number of carbonyl (C=O) groups excluding carboxylic acids is 1. The van der Waals surface area contributed by atoms with Crippen molar-refractivity contribution in [3.63, 3.8) is 0 Å². The molecule has 1 heterocycles. The van der Waals surface area contributed by atoms with E-state index in [0.29, 0.717) is 35.4 Å². The summed E-state index contributed by atoms with van der Waals surface area (Å²) in [6.45, 7) is 4.26. The molecule has 7 nitrogen and oxygen atoms in total. The zero-order chi connectivity index (χ0) is 21.2.